The zero-order chi connectivity index (χ0) is 19.9. The predicted molar refractivity (Wildman–Crippen MR) is 106 cm³/mol. The average molecular weight is 459 g/mol. The van der Waals surface area contributed by atoms with Crippen molar-refractivity contribution in [1.82, 2.24) is 0 Å². The zero-order valence-corrected chi connectivity index (χ0v) is 17.9. The molecule has 6 nitrogen and oxygen atoms in total. The number of ether oxygens (including phenoxy) is 3. The lowest BCUT2D eigenvalue weighted by molar-refractivity contribution is 0.0424. The van der Waals surface area contributed by atoms with E-state index in [4.69, 9.17) is 18.4 Å². The van der Waals surface area contributed by atoms with Gasteiger partial charge in [-0.3, -0.25) is 4.18 Å². The van der Waals surface area contributed by atoms with E-state index in [2.05, 4.69) is 15.9 Å². The van der Waals surface area contributed by atoms with Gasteiger partial charge in [0.05, 0.1) is 32.3 Å². The van der Waals surface area contributed by atoms with E-state index in [9.17, 15) is 8.42 Å². The van der Waals surface area contributed by atoms with Gasteiger partial charge >= 0.3 is 0 Å². The van der Waals surface area contributed by atoms with Crippen molar-refractivity contribution in [2.75, 3.05) is 20.8 Å². The second-order valence-electron chi connectivity index (χ2n) is 5.74. The Kier molecular flexibility index (Phi) is 8.09. The van der Waals surface area contributed by atoms with Crippen LogP contribution in [-0.2, 0) is 25.6 Å². The maximum atomic E-state index is 12.4. The summed E-state index contributed by atoms with van der Waals surface area (Å²) >= 11 is 3.28. The smallest absolute Gasteiger partial charge is 0.297 e. The minimum atomic E-state index is -3.84. The minimum absolute atomic E-state index is 0.115. The number of rotatable bonds is 10. The number of halogens is 1. The lowest BCUT2D eigenvalue weighted by Crippen LogP contribution is -2.23. The van der Waals surface area contributed by atoms with E-state index in [0.717, 1.165) is 10.0 Å². The fourth-order valence-electron chi connectivity index (χ4n) is 2.33. The van der Waals surface area contributed by atoms with Gasteiger partial charge in [-0.05, 0) is 48.4 Å². The highest BCUT2D eigenvalue weighted by Crippen LogP contribution is 2.28. The van der Waals surface area contributed by atoms with Crippen LogP contribution < -0.4 is 9.47 Å². The summed E-state index contributed by atoms with van der Waals surface area (Å²) in [7, 11) is -0.702. The molecular weight excluding hydrogens is 436 g/mol. The fourth-order valence-corrected chi connectivity index (χ4v) is 3.72. The van der Waals surface area contributed by atoms with Gasteiger partial charge in [0.2, 0.25) is 0 Å². The molecule has 2 aromatic carbocycles. The Hall–Kier alpha value is -1.61. The Balaban J connectivity index is 1.94. The van der Waals surface area contributed by atoms with Crippen LogP contribution in [0.2, 0.25) is 0 Å². The molecule has 0 aliphatic rings. The summed E-state index contributed by atoms with van der Waals surface area (Å²) in [6.07, 6.45) is -0.0689. The molecule has 2 aromatic rings. The van der Waals surface area contributed by atoms with E-state index in [1.807, 2.05) is 19.1 Å². The van der Waals surface area contributed by atoms with E-state index < -0.39 is 16.2 Å². The SMILES string of the molecule is CCC(COCc1ccc(OC)c(OC)c1)OS(=O)(=O)c1ccc(Br)cc1. The van der Waals surface area contributed by atoms with Crippen LogP contribution in [0.1, 0.15) is 18.9 Å². The van der Waals surface area contributed by atoms with Crippen molar-refractivity contribution in [3.8, 4) is 11.5 Å². The molecule has 0 heterocycles. The second kappa shape index (κ2) is 10.1. The Morgan fingerprint density at radius 1 is 1.00 bits per heavy atom. The van der Waals surface area contributed by atoms with Gasteiger partial charge in [0.15, 0.2) is 11.5 Å². The molecule has 0 N–H and O–H groups in total. The first-order valence-electron chi connectivity index (χ1n) is 8.37. The summed E-state index contributed by atoms with van der Waals surface area (Å²) in [4.78, 5) is 0.115. The van der Waals surface area contributed by atoms with Crippen LogP contribution in [0.3, 0.4) is 0 Å². The molecule has 0 fully saturated rings. The van der Waals surface area contributed by atoms with Gasteiger partial charge < -0.3 is 14.2 Å². The predicted octanol–water partition coefficient (Wildman–Crippen LogP) is 4.17. The lowest BCUT2D eigenvalue weighted by atomic mass is 10.2. The molecule has 148 valence electrons. The van der Waals surface area contributed by atoms with E-state index in [1.165, 1.54) is 12.1 Å². The van der Waals surface area contributed by atoms with Gasteiger partial charge in [0, 0.05) is 4.47 Å². The average Bonchev–Trinajstić information content (AvgIpc) is 2.67. The summed E-state index contributed by atoms with van der Waals surface area (Å²) in [5.41, 5.74) is 0.887. The first-order chi connectivity index (χ1) is 12.9. The highest BCUT2D eigenvalue weighted by atomic mass is 79.9. The summed E-state index contributed by atoms with van der Waals surface area (Å²) in [5.74, 6) is 1.25. The Morgan fingerprint density at radius 3 is 2.26 bits per heavy atom. The fraction of sp³-hybridized carbons (Fsp3) is 0.368. The van der Waals surface area contributed by atoms with Crippen molar-refractivity contribution < 1.29 is 26.8 Å². The third-order valence-electron chi connectivity index (χ3n) is 3.84. The molecule has 8 heteroatoms. The molecule has 0 saturated carbocycles. The number of methoxy groups -OCH3 is 2. The molecule has 2 rings (SSSR count). The Morgan fingerprint density at radius 2 is 1.67 bits per heavy atom. The molecule has 0 aliphatic heterocycles. The van der Waals surface area contributed by atoms with Crippen molar-refractivity contribution in [2.45, 2.75) is 31.0 Å². The number of benzene rings is 2. The quantitative estimate of drug-likeness (QED) is 0.497. The van der Waals surface area contributed by atoms with Crippen LogP contribution in [0.5, 0.6) is 11.5 Å². The third-order valence-corrected chi connectivity index (χ3v) is 5.74. The number of hydrogen-bond acceptors (Lipinski definition) is 6. The molecule has 27 heavy (non-hydrogen) atoms. The van der Waals surface area contributed by atoms with Gasteiger partial charge in [-0.1, -0.05) is 28.9 Å². The molecule has 0 spiro atoms. The maximum absolute atomic E-state index is 12.4. The van der Waals surface area contributed by atoms with E-state index in [1.54, 1.807) is 32.4 Å². The Bertz CT molecular complexity index is 836. The van der Waals surface area contributed by atoms with Crippen molar-refractivity contribution >= 4 is 26.0 Å². The van der Waals surface area contributed by atoms with Gasteiger partial charge in [-0.2, -0.15) is 8.42 Å². The summed E-state index contributed by atoms with van der Waals surface area (Å²) in [5, 5.41) is 0. The van der Waals surface area contributed by atoms with Gasteiger partial charge in [-0.25, -0.2) is 0 Å². The molecular formula is C19H23BrO6S. The molecule has 1 unspecified atom stereocenters. The van der Waals surface area contributed by atoms with Crippen LogP contribution in [0.4, 0.5) is 0 Å². The molecule has 0 aromatic heterocycles. The maximum Gasteiger partial charge on any atom is 0.297 e. The Labute approximate surface area is 168 Å². The summed E-state index contributed by atoms with van der Waals surface area (Å²) in [6.45, 7) is 2.31. The molecule has 0 bridgehead atoms. The van der Waals surface area contributed by atoms with Gasteiger partial charge in [0.1, 0.15) is 6.10 Å². The summed E-state index contributed by atoms with van der Waals surface area (Å²) < 4.78 is 47.0. The van der Waals surface area contributed by atoms with Crippen LogP contribution in [0, 0.1) is 0 Å². The topological polar surface area (TPSA) is 71.1 Å². The van der Waals surface area contributed by atoms with E-state index >= 15 is 0 Å². The largest absolute Gasteiger partial charge is 0.493 e. The van der Waals surface area contributed by atoms with Gasteiger partial charge in [-0.15, -0.1) is 0 Å². The van der Waals surface area contributed by atoms with Crippen molar-refractivity contribution in [2.24, 2.45) is 0 Å². The second-order valence-corrected chi connectivity index (χ2v) is 8.23. The molecule has 0 radical (unpaired) electrons. The monoisotopic (exact) mass is 458 g/mol. The molecule has 0 amide bonds. The number of hydrogen-bond donors (Lipinski definition) is 0. The molecule has 1 atom stereocenters. The first-order valence-corrected chi connectivity index (χ1v) is 10.6. The molecule has 0 aliphatic carbocycles. The van der Waals surface area contributed by atoms with Crippen LogP contribution in [-0.4, -0.2) is 35.3 Å². The highest BCUT2D eigenvalue weighted by Gasteiger charge is 2.21. The van der Waals surface area contributed by atoms with E-state index in [-0.39, 0.29) is 11.5 Å². The van der Waals surface area contributed by atoms with Gasteiger partial charge in [0.25, 0.3) is 10.1 Å². The van der Waals surface area contributed by atoms with Crippen LogP contribution in [0.15, 0.2) is 51.8 Å². The van der Waals surface area contributed by atoms with Crippen molar-refractivity contribution in [3.63, 3.8) is 0 Å². The van der Waals surface area contributed by atoms with Crippen molar-refractivity contribution in [1.29, 1.82) is 0 Å². The van der Waals surface area contributed by atoms with Crippen LogP contribution >= 0.6 is 15.9 Å². The standard InChI is InChI=1S/C19H23BrO6S/c1-4-16(26-27(21,22)17-8-6-15(20)7-9-17)13-25-12-14-5-10-18(23-2)19(11-14)24-3/h5-11,16H,4,12-13H2,1-3H3. The first kappa shape index (κ1) is 21.7. The van der Waals surface area contributed by atoms with Crippen molar-refractivity contribution in [3.05, 3.63) is 52.5 Å². The normalized spacial score (nSPS) is 12.6. The van der Waals surface area contributed by atoms with E-state index in [0.29, 0.717) is 24.5 Å². The lowest BCUT2D eigenvalue weighted by Gasteiger charge is -2.16. The minimum Gasteiger partial charge on any atom is -0.493 e. The third kappa shape index (κ3) is 6.21. The highest BCUT2D eigenvalue weighted by molar-refractivity contribution is 9.10. The van der Waals surface area contributed by atoms with Crippen LogP contribution in [0.25, 0.3) is 0 Å². The summed E-state index contributed by atoms with van der Waals surface area (Å²) in [6, 6.07) is 11.8. The molecule has 0 saturated heterocycles. The zero-order valence-electron chi connectivity index (χ0n) is 15.5.